The average Bonchev–Trinajstić information content (AvgIpc) is 2.12. The van der Waals surface area contributed by atoms with Crippen LogP contribution in [0.25, 0.3) is 0 Å². The highest BCUT2D eigenvalue weighted by Crippen LogP contribution is 1.98. The number of hydrogen-bond donors (Lipinski definition) is 1. The Hall–Kier alpha value is -0.420. The topological polar surface area (TPSA) is 50.2 Å². The Balaban J connectivity index is 0.000000640. The van der Waals surface area contributed by atoms with Crippen LogP contribution in [-0.2, 0) is 0 Å². The zero-order chi connectivity index (χ0) is 5.98. The molecule has 0 amide bonds. The fourth-order valence-corrected chi connectivity index (χ4v) is 0.844. The van der Waals surface area contributed by atoms with E-state index in [-0.39, 0.29) is 22.7 Å². The molecule has 0 aliphatic carbocycles. The van der Waals surface area contributed by atoms with Crippen LogP contribution < -0.4 is 17.0 Å². The van der Waals surface area contributed by atoms with Gasteiger partial charge in [-0.1, -0.05) is 0 Å². The Morgan fingerprint density at radius 3 is 2.67 bits per heavy atom. The third-order valence-electron chi connectivity index (χ3n) is 0.651. The number of carboxylic acids is 1. The van der Waals surface area contributed by atoms with E-state index < -0.39 is 5.97 Å². The summed E-state index contributed by atoms with van der Waals surface area (Å²) in [5, 5.41) is 9.71. The Labute approximate surface area is 66.1 Å². The van der Waals surface area contributed by atoms with Gasteiger partial charge in [0, 0.05) is 5.38 Å². The average molecular weight is 209 g/mol. The van der Waals surface area contributed by atoms with Gasteiger partial charge in [-0.3, -0.25) is 0 Å². The molecule has 50 valence electrons. The van der Waals surface area contributed by atoms with E-state index in [0.29, 0.717) is 0 Å². The van der Waals surface area contributed by atoms with Crippen molar-refractivity contribution in [3.8, 4) is 0 Å². The predicted molar refractivity (Wildman–Crippen MR) is 29.1 cm³/mol. The summed E-state index contributed by atoms with van der Waals surface area (Å²) in [5.74, 6) is -0.966. The Bertz CT molecular complexity index is 186. The van der Waals surface area contributed by atoms with Crippen molar-refractivity contribution in [2.24, 2.45) is 0 Å². The number of aromatic carboxylic acids is 1. The molecule has 0 fully saturated rings. The molecule has 0 saturated heterocycles. The van der Waals surface area contributed by atoms with Crippen LogP contribution in [0.4, 0.5) is 0 Å². The standard InChI is InChI=1S/C4H3NO2S.BrH/c6-4(7)3-1-8-2-5-3;/h1-2H,(H,6,7);1H/p-1. The first-order valence-electron chi connectivity index (χ1n) is 1.92. The first-order chi connectivity index (χ1) is 3.80. The van der Waals surface area contributed by atoms with E-state index in [1.54, 1.807) is 0 Å². The molecule has 0 atom stereocenters. The lowest BCUT2D eigenvalue weighted by Gasteiger charge is -1.77. The van der Waals surface area contributed by atoms with Crippen LogP contribution in [0.15, 0.2) is 10.9 Å². The normalized spacial score (nSPS) is 8.00. The molecule has 1 heterocycles. The largest absolute Gasteiger partial charge is 1.00 e. The van der Waals surface area contributed by atoms with Crippen molar-refractivity contribution in [3.63, 3.8) is 0 Å². The van der Waals surface area contributed by atoms with Crippen molar-refractivity contribution in [3.05, 3.63) is 16.6 Å². The summed E-state index contributed by atoms with van der Waals surface area (Å²) in [7, 11) is 0. The summed E-state index contributed by atoms with van der Waals surface area (Å²) >= 11 is 1.28. The number of carbonyl (C=O) groups is 1. The fraction of sp³-hybridized carbons (Fsp3) is 0. The minimum Gasteiger partial charge on any atom is -1.00 e. The minimum atomic E-state index is -0.966. The highest BCUT2D eigenvalue weighted by atomic mass is 79.9. The van der Waals surface area contributed by atoms with Gasteiger partial charge in [-0.25, -0.2) is 9.78 Å². The van der Waals surface area contributed by atoms with E-state index >= 15 is 0 Å². The van der Waals surface area contributed by atoms with Crippen molar-refractivity contribution >= 4 is 17.3 Å². The number of nitrogens with zero attached hydrogens (tertiary/aromatic N) is 1. The van der Waals surface area contributed by atoms with E-state index in [4.69, 9.17) is 5.11 Å². The molecule has 0 bridgehead atoms. The SMILES string of the molecule is O=C(O)c1cscn1.[Br-]. The van der Waals surface area contributed by atoms with Crippen LogP contribution >= 0.6 is 11.3 Å². The molecule has 0 unspecified atom stereocenters. The summed E-state index contributed by atoms with van der Waals surface area (Å²) < 4.78 is 0. The van der Waals surface area contributed by atoms with Crippen molar-refractivity contribution in [2.45, 2.75) is 0 Å². The van der Waals surface area contributed by atoms with E-state index in [0.717, 1.165) is 0 Å². The van der Waals surface area contributed by atoms with Gasteiger partial charge in [0.05, 0.1) is 5.51 Å². The first kappa shape index (κ1) is 8.58. The maximum absolute atomic E-state index is 10.0. The highest BCUT2D eigenvalue weighted by Gasteiger charge is 2.00. The predicted octanol–water partition coefficient (Wildman–Crippen LogP) is -2.15. The summed E-state index contributed by atoms with van der Waals surface area (Å²) in [5.41, 5.74) is 1.61. The van der Waals surface area contributed by atoms with Gasteiger partial charge in [-0.2, -0.15) is 0 Å². The van der Waals surface area contributed by atoms with E-state index in [9.17, 15) is 4.79 Å². The maximum atomic E-state index is 10.0. The lowest BCUT2D eigenvalue weighted by atomic mass is 10.5. The molecule has 0 radical (unpaired) electrons. The third kappa shape index (κ3) is 2.11. The van der Waals surface area contributed by atoms with Crippen LogP contribution in [0.3, 0.4) is 0 Å². The zero-order valence-electron chi connectivity index (χ0n) is 4.24. The lowest BCUT2D eigenvalue weighted by molar-refractivity contribution is -0.0000171. The van der Waals surface area contributed by atoms with Gasteiger partial charge in [-0.15, -0.1) is 11.3 Å². The number of hydrogen-bond acceptors (Lipinski definition) is 3. The van der Waals surface area contributed by atoms with Crippen LogP contribution in [0, 0.1) is 0 Å². The number of halogens is 1. The van der Waals surface area contributed by atoms with Gasteiger partial charge in [0.25, 0.3) is 0 Å². The third-order valence-corrected chi connectivity index (χ3v) is 1.24. The molecule has 1 N–H and O–H groups in total. The van der Waals surface area contributed by atoms with Crippen molar-refractivity contribution in [2.75, 3.05) is 0 Å². The van der Waals surface area contributed by atoms with Crippen LogP contribution in [0.1, 0.15) is 10.5 Å². The molecule has 0 aliphatic rings. The fourth-order valence-electron chi connectivity index (χ4n) is 0.318. The van der Waals surface area contributed by atoms with E-state index in [1.807, 2.05) is 0 Å². The zero-order valence-corrected chi connectivity index (χ0v) is 6.65. The quantitative estimate of drug-likeness (QED) is 0.573. The van der Waals surface area contributed by atoms with Crippen molar-refractivity contribution in [1.29, 1.82) is 0 Å². The van der Waals surface area contributed by atoms with Gasteiger partial charge in [-0.05, 0) is 0 Å². The second kappa shape index (κ2) is 3.58. The Morgan fingerprint density at radius 2 is 2.44 bits per heavy atom. The molecule has 0 aliphatic heterocycles. The number of thiazole rings is 1. The van der Waals surface area contributed by atoms with Gasteiger partial charge in [0.2, 0.25) is 0 Å². The van der Waals surface area contributed by atoms with E-state index in [1.165, 1.54) is 22.2 Å². The van der Waals surface area contributed by atoms with E-state index in [2.05, 4.69) is 4.98 Å². The van der Waals surface area contributed by atoms with Crippen molar-refractivity contribution in [1.82, 2.24) is 4.98 Å². The summed E-state index contributed by atoms with van der Waals surface area (Å²) in [6, 6.07) is 0. The molecule has 0 saturated carbocycles. The summed E-state index contributed by atoms with van der Waals surface area (Å²) in [6.45, 7) is 0. The first-order valence-corrected chi connectivity index (χ1v) is 2.86. The van der Waals surface area contributed by atoms with Gasteiger partial charge < -0.3 is 22.1 Å². The molecule has 0 aromatic carbocycles. The van der Waals surface area contributed by atoms with Crippen LogP contribution in [0.2, 0.25) is 0 Å². The lowest BCUT2D eigenvalue weighted by Crippen LogP contribution is -3.00. The second-order valence-electron chi connectivity index (χ2n) is 1.18. The molecule has 1 rings (SSSR count). The molecule has 0 spiro atoms. The molecule has 1 aromatic heterocycles. The summed E-state index contributed by atoms with van der Waals surface area (Å²) in [6.07, 6.45) is 0. The molecular weight excluding hydrogens is 206 g/mol. The van der Waals surface area contributed by atoms with Crippen molar-refractivity contribution < 1.29 is 26.9 Å². The smallest absolute Gasteiger partial charge is 0.355 e. The molecule has 5 heteroatoms. The Morgan fingerprint density at radius 1 is 1.78 bits per heavy atom. The van der Waals surface area contributed by atoms with Gasteiger partial charge >= 0.3 is 5.97 Å². The monoisotopic (exact) mass is 208 g/mol. The Kier molecular flexibility index (Phi) is 3.41. The van der Waals surface area contributed by atoms with Crippen LogP contribution in [-0.4, -0.2) is 16.1 Å². The summed E-state index contributed by atoms with van der Waals surface area (Å²) in [4.78, 5) is 13.5. The molecule has 3 nitrogen and oxygen atoms in total. The molecular formula is C4H3BrNO2S-. The number of rotatable bonds is 1. The maximum Gasteiger partial charge on any atom is 0.355 e. The van der Waals surface area contributed by atoms with Crippen LogP contribution in [0.5, 0.6) is 0 Å². The second-order valence-corrected chi connectivity index (χ2v) is 1.90. The number of aromatic nitrogens is 1. The number of carboxylic acid groups (broad SMARTS) is 1. The van der Waals surface area contributed by atoms with Gasteiger partial charge in [0.1, 0.15) is 0 Å². The van der Waals surface area contributed by atoms with Gasteiger partial charge in [0.15, 0.2) is 5.69 Å². The molecule has 1 aromatic rings. The minimum absolute atomic E-state index is 0. The molecule has 9 heavy (non-hydrogen) atoms. The highest BCUT2D eigenvalue weighted by molar-refractivity contribution is 7.07.